The molecule has 0 spiro atoms. The second-order valence-electron chi connectivity index (χ2n) is 4.15. The van der Waals surface area contributed by atoms with Gasteiger partial charge in [0.05, 0.1) is 14.2 Å². The van der Waals surface area contributed by atoms with Gasteiger partial charge in [-0.1, -0.05) is 13.0 Å². The highest BCUT2D eigenvalue weighted by Gasteiger charge is 2.27. The van der Waals surface area contributed by atoms with Crippen LogP contribution < -0.4 is 9.47 Å². The molecule has 1 aliphatic carbocycles. The maximum absolute atomic E-state index is 5.28. The van der Waals surface area contributed by atoms with Gasteiger partial charge in [-0.15, -0.1) is 0 Å². The summed E-state index contributed by atoms with van der Waals surface area (Å²) in [6, 6.07) is 6.18. The van der Waals surface area contributed by atoms with E-state index in [2.05, 4.69) is 19.1 Å². The van der Waals surface area contributed by atoms with E-state index in [1.54, 1.807) is 14.2 Å². The minimum absolute atomic E-state index is 0.628. The number of ether oxygens (including phenoxy) is 2. The number of hydrogen-bond acceptors (Lipinski definition) is 2. The first-order valence-corrected chi connectivity index (χ1v) is 5.29. The Labute approximate surface area is 91.2 Å². The predicted molar refractivity (Wildman–Crippen MR) is 60.4 cm³/mol. The SMILES string of the molecule is [CH2]C1CC(c2ccc(OC)c(OC)c2)C1. The molecule has 0 N–H and O–H groups in total. The number of benzene rings is 1. The van der Waals surface area contributed by atoms with Gasteiger partial charge in [0.2, 0.25) is 0 Å². The highest BCUT2D eigenvalue weighted by molar-refractivity contribution is 5.44. The van der Waals surface area contributed by atoms with Crippen molar-refractivity contribution in [3.63, 3.8) is 0 Å². The van der Waals surface area contributed by atoms with Gasteiger partial charge in [0, 0.05) is 0 Å². The van der Waals surface area contributed by atoms with Crippen molar-refractivity contribution >= 4 is 0 Å². The fourth-order valence-electron chi connectivity index (χ4n) is 2.11. The smallest absolute Gasteiger partial charge is 0.160 e. The van der Waals surface area contributed by atoms with Gasteiger partial charge in [0.1, 0.15) is 0 Å². The Bertz CT molecular complexity index is 340. The van der Waals surface area contributed by atoms with Gasteiger partial charge < -0.3 is 9.47 Å². The maximum Gasteiger partial charge on any atom is 0.160 e. The van der Waals surface area contributed by atoms with E-state index in [1.165, 1.54) is 18.4 Å². The Morgan fingerprint density at radius 2 is 1.80 bits per heavy atom. The van der Waals surface area contributed by atoms with Gasteiger partial charge in [-0.2, -0.15) is 0 Å². The second-order valence-corrected chi connectivity index (χ2v) is 4.15. The van der Waals surface area contributed by atoms with Gasteiger partial charge in [0.25, 0.3) is 0 Å². The average molecular weight is 205 g/mol. The standard InChI is InChI=1S/C13H17O2/c1-9-6-11(7-9)10-4-5-12(14-2)13(8-10)15-3/h4-5,8-9,11H,1,6-7H2,2-3H3. The number of methoxy groups -OCH3 is 2. The molecule has 0 aliphatic heterocycles. The fourth-order valence-corrected chi connectivity index (χ4v) is 2.11. The van der Waals surface area contributed by atoms with Gasteiger partial charge in [-0.25, -0.2) is 0 Å². The molecule has 0 heterocycles. The largest absolute Gasteiger partial charge is 0.493 e. The van der Waals surface area contributed by atoms with Crippen molar-refractivity contribution in [1.82, 2.24) is 0 Å². The molecule has 2 rings (SSSR count). The minimum atomic E-state index is 0.628. The van der Waals surface area contributed by atoms with Crippen LogP contribution in [0, 0.1) is 12.8 Å². The van der Waals surface area contributed by atoms with Crippen molar-refractivity contribution in [2.45, 2.75) is 18.8 Å². The van der Waals surface area contributed by atoms with E-state index in [4.69, 9.17) is 9.47 Å². The minimum Gasteiger partial charge on any atom is -0.493 e. The lowest BCUT2D eigenvalue weighted by molar-refractivity contribution is 0.316. The molecule has 0 amide bonds. The third kappa shape index (κ3) is 1.94. The maximum atomic E-state index is 5.28. The van der Waals surface area contributed by atoms with E-state index in [0.29, 0.717) is 11.8 Å². The number of rotatable bonds is 3. The zero-order valence-electron chi connectivity index (χ0n) is 9.32. The highest BCUT2D eigenvalue weighted by Crippen LogP contribution is 2.43. The van der Waals surface area contributed by atoms with Crippen molar-refractivity contribution in [3.8, 4) is 11.5 Å². The normalized spacial score (nSPS) is 24.5. The van der Waals surface area contributed by atoms with Gasteiger partial charge in [-0.05, 0) is 42.4 Å². The molecule has 1 saturated carbocycles. The summed E-state index contributed by atoms with van der Waals surface area (Å²) in [7, 11) is 3.33. The summed E-state index contributed by atoms with van der Waals surface area (Å²) in [6.07, 6.45) is 2.38. The molecule has 1 aromatic carbocycles. The van der Waals surface area contributed by atoms with Crippen molar-refractivity contribution < 1.29 is 9.47 Å². The van der Waals surface area contributed by atoms with Crippen LogP contribution in [-0.4, -0.2) is 14.2 Å². The molecule has 0 aromatic heterocycles. The van der Waals surface area contributed by atoms with Crippen LogP contribution in [0.4, 0.5) is 0 Å². The molecule has 1 radical (unpaired) electrons. The molecule has 1 aromatic rings. The van der Waals surface area contributed by atoms with Crippen molar-refractivity contribution in [1.29, 1.82) is 0 Å². The zero-order chi connectivity index (χ0) is 10.8. The lowest BCUT2D eigenvalue weighted by Gasteiger charge is -2.33. The molecular formula is C13H17O2. The van der Waals surface area contributed by atoms with Gasteiger partial charge in [-0.3, -0.25) is 0 Å². The van der Waals surface area contributed by atoms with E-state index >= 15 is 0 Å². The van der Waals surface area contributed by atoms with Crippen LogP contribution in [-0.2, 0) is 0 Å². The Morgan fingerprint density at radius 3 is 2.33 bits per heavy atom. The first-order valence-electron chi connectivity index (χ1n) is 5.29. The molecule has 15 heavy (non-hydrogen) atoms. The topological polar surface area (TPSA) is 18.5 Å². The van der Waals surface area contributed by atoms with Crippen molar-refractivity contribution in [3.05, 3.63) is 30.7 Å². The van der Waals surface area contributed by atoms with E-state index in [9.17, 15) is 0 Å². The lowest BCUT2D eigenvalue weighted by Crippen LogP contribution is -2.19. The fraction of sp³-hybridized carbons (Fsp3) is 0.462. The molecule has 2 nitrogen and oxygen atoms in total. The Kier molecular flexibility index (Phi) is 2.85. The summed E-state index contributed by atoms with van der Waals surface area (Å²) in [4.78, 5) is 0. The van der Waals surface area contributed by atoms with Crippen molar-refractivity contribution in [2.75, 3.05) is 14.2 Å². The first-order chi connectivity index (χ1) is 7.24. The molecule has 0 unspecified atom stereocenters. The van der Waals surface area contributed by atoms with Crippen LogP contribution in [0.15, 0.2) is 18.2 Å². The van der Waals surface area contributed by atoms with Crippen LogP contribution in [0.25, 0.3) is 0 Å². The van der Waals surface area contributed by atoms with Gasteiger partial charge in [0.15, 0.2) is 11.5 Å². The predicted octanol–water partition coefficient (Wildman–Crippen LogP) is 3.03. The molecule has 0 saturated heterocycles. The summed E-state index contributed by atoms with van der Waals surface area (Å²) < 4.78 is 10.5. The third-order valence-electron chi connectivity index (χ3n) is 3.11. The van der Waals surface area contributed by atoms with Crippen LogP contribution >= 0.6 is 0 Å². The van der Waals surface area contributed by atoms with E-state index < -0.39 is 0 Å². The summed E-state index contributed by atoms with van der Waals surface area (Å²) >= 11 is 0. The average Bonchev–Trinajstić information content (AvgIpc) is 2.24. The van der Waals surface area contributed by atoms with Crippen LogP contribution in [0.3, 0.4) is 0 Å². The quantitative estimate of drug-likeness (QED) is 0.755. The van der Waals surface area contributed by atoms with E-state index in [1.807, 2.05) is 6.07 Å². The summed E-state index contributed by atoms with van der Waals surface area (Å²) in [5, 5.41) is 0. The summed E-state index contributed by atoms with van der Waals surface area (Å²) in [5.74, 6) is 2.91. The third-order valence-corrected chi connectivity index (χ3v) is 3.11. The molecule has 2 heteroatoms. The zero-order valence-corrected chi connectivity index (χ0v) is 9.32. The monoisotopic (exact) mass is 205 g/mol. The molecule has 81 valence electrons. The summed E-state index contributed by atoms with van der Waals surface area (Å²) in [6.45, 7) is 4.04. The van der Waals surface area contributed by atoms with Gasteiger partial charge >= 0.3 is 0 Å². The van der Waals surface area contributed by atoms with Crippen molar-refractivity contribution in [2.24, 2.45) is 5.92 Å². The molecule has 0 atom stereocenters. The Balaban J connectivity index is 2.19. The number of hydrogen-bond donors (Lipinski definition) is 0. The van der Waals surface area contributed by atoms with E-state index in [0.717, 1.165) is 11.5 Å². The highest BCUT2D eigenvalue weighted by atomic mass is 16.5. The molecule has 1 aliphatic rings. The van der Waals surface area contributed by atoms with E-state index in [-0.39, 0.29) is 0 Å². The lowest BCUT2D eigenvalue weighted by atomic mass is 9.72. The van der Waals surface area contributed by atoms with Crippen LogP contribution in [0.1, 0.15) is 24.3 Å². The molecular weight excluding hydrogens is 188 g/mol. The van der Waals surface area contributed by atoms with Crippen LogP contribution in [0.5, 0.6) is 11.5 Å². The molecule has 0 bridgehead atoms. The first kappa shape index (κ1) is 10.3. The molecule has 1 fully saturated rings. The van der Waals surface area contributed by atoms with Crippen LogP contribution in [0.2, 0.25) is 0 Å². The Hall–Kier alpha value is -1.18. The summed E-state index contributed by atoms with van der Waals surface area (Å²) in [5.41, 5.74) is 1.34. The Morgan fingerprint density at radius 1 is 1.13 bits per heavy atom. The second kappa shape index (κ2) is 4.13.